The highest BCUT2D eigenvalue weighted by atomic mass is 14.9. The van der Waals surface area contributed by atoms with Crippen molar-refractivity contribution in [3.63, 3.8) is 0 Å². The number of benzene rings is 8. The first-order chi connectivity index (χ1) is 59.3. The second-order valence-corrected chi connectivity index (χ2v) is 38.5. The van der Waals surface area contributed by atoms with Gasteiger partial charge < -0.3 is 0 Å². The average molecular weight is 1530 g/mol. The van der Waals surface area contributed by atoms with Gasteiger partial charge in [0.15, 0.2) is 24.8 Å². The average Bonchev–Trinajstić information content (AvgIpc) is 0.757. The SMILES string of the molecule is [2H]C([2H])([2H])c1cc(C)c(-c2cc(C([2H])([2H])C(C)(C)C)cc[n+]2C)cc1-c1ccccc1C(C)(C)C.[2H]C([2H])([2H])c1cc(C)c(-c2ccc(C(C)(C)C)c[n+]2C)cc1-c1ccccc1C(C)(C)C.[2H]C([2H])([2H])c1cc(C)c(-c2ccc(C([2H])([2H])C(C)(C)C)c[n+]2C)cc1-c1ccccc1C(C)(C)C.[2H]C([2H])([2H])c1cc(C)c(-c2cccc[n+]2C)cc1-c1ccccc1C(C)(C)C. The highest BCUT2D eigenvalue weighted by Crippen LogP contribution is 2.43. The van der Waals surface area contributed by atoms with E-state index >= 15 is 0 Å². The molecule has 8 aromatic carbocycles. The van der Waals surface area contributed by atoms with Crippen molar-refractivity contribution in [2.75, 3.05) is 0 Å². The van der Waals surface area contributed by atoms with E-state index in [0.717, 1.165) is 123 Å². The normalized spacial score (nSPS) is 14.9. The van der Waals surface area contributed by atoms with Crippen molar-refractivity contribution in [2.45, 2.75) is 240 Å². The Labute approximate surface area is 714 Å². The Kier molecular flexibility index (Phi) is 20.7. The molecule has 12 rings (SSSR count). The maximum absolute atomic E-state index is 8.77. The zero-order chi connectivity index (χ0) is 97.9. The van der Waals surface area contributed by atoms with Crippen LogP contribution in [0.15, 0.2) is 225 Å². The molecule has 0 aliphatic carbocycles. The Hall–Kier alpha value is -9.64. The predicted octanol–water partition coefficient (Wildman–Crippen LogP) is 27.5. The molecule has 0 N–H and O–H groups in total. The predicted molar refractivity (Wildman–Crippen MR) is 492 cm³/mol. The van der Waals surface area contributed by atoms with E-state index in [-0.39, 0.29) is 27.1 Å². The second kappa shape index (κ2) is 34.8. The molecule has 4 aromatic heterocycles. The number of rotatable bonds is 10. The van der Waals surface area contributed by atoms with Gasteiger partial charge in [-0.15, -0.1) is 0 Å². The van der Waals surface area contributed by atoms with Crippen LogP contribution in [-0.2, 0) is 68.0 Å². The van der Waals surface area contributed by atoms with Gasteiger partial charge in [-0.25, -0.2) is 18.3 Å². The van der Waals surface area contributed by atoms with E-state index in [4.69, 9.17) is 21.9 Å². The first kappa shape index (κ1) is 67.7. The fourth-order valence-corrected chi connectivity index (χ4v) is 15.2. The number of hydrogen-bond acceptors (Lipinski definition) is 0. The van der Waals surface area contributed by atoms with Crippen LogP contribution in [0.2, 0.25) is 0 Å². The minimum absolute atomic E-state index is 0.0628. The Morgan fingerprint density at radius 3 is 0.851 bits per heavy atom. The van der Waals surface area contributed by atoms with Crippen molar-refractivity contribution in [1.82, 2.24) is 0 Å². The second-order valence-electron chi connectivity index (χ2n) is 38.5. The third kappa shape index (κ3) is 21.7. The monoisotopic (exact) mass is 1530 g/mol. The standard InChI is InChI=1S/2C29H38N.C28H36N.C24H28N/c1-20-16-21(2)25(27-15-14-22(19-30(27)9)18-28(3,4)5)17-24(20)23-12-10-11-13-26(23)29(6,7)8;1-20-16-21(2)25(27-17-22(14-15-30(27)9)19-28(3,4)5)18-24(20)23-12-10-11-13-26(23)29(6,7)8;1-19-16-20(2)24(26-15-14-21(18-29(26)9)27(3,4)5)17-23(19)22-12-10-11-13-25(22)28(6,7)8;1-17-15-18(2)21(23-13-9-10-14-25(23)6)16-20(17)19-11-7-8-12-22(19)24(3,4)5/h10-17,19H,18H2,1-9H3;10-18H,19H2,1-9H3;10-18H,1-9H3;7-16H,1-6H3/q4*+1/i1D3,18D2;1D3,19D2;2*1D3. The third-order valence-electron chi connectivity index (χ3n) is 21.0. The van der Waals surface area contributed by atoms with Crippen LogP contribution in [0.4, 0.5) is 0 Å². The summed E-state index contributed by atoms with van der Waals surface area (Å²) in [5, 5.41) is 0. The van der Waals surface area contributed by atoms with E-state index in [1.165, 1.54) is 5.56 Å². The number of nitrogens with zero attached hydrogens (tertiary/aromatic N) is 4. The molecular formula is C110H140N4+4. The molecule has 596 valence electrons. The molecule has 114 heavy (non-hydrogen) atoms. The zero-order valence-corrected chi connectivity index (χ0v) is 74.2. The molecular weight excluding hydrogens is 1380 g/mol. The molecule has 0 saturated heterocycles. The highest BCUT2D eigenvalue weighted by molar-refractivity contribution is 5.82. The van der Waals surface area contributed by atoms with Crippen LogP contribution >= 0.6 is 0 Å². The van der Waals surface area contributed by atoms with E-state index in [2.05, 4.69) is 181 Å². The summed E-state index contributed by atoms with van der Waals surface area (Å²) in [6.45, 7) is 42.8. The molecule has 0 radical (unpaired) electrons. The lowest BCUT2D eigenvalue weighted by Crippen LogP contribution is -2.33. The van der Waals surface area contributed by atoms with E-state index in [9.17, 15) is 0 Å². The smallest absolute Gasteiger partial charge is 0.201 e. The summed E-state index contributed by atoms with van der Waals surface area (Å²) in [5.41, 5.74) is 25.1. The fraction of sp³-hybridized carbons (Fsp3) is 0.382. The van der Waals surface area contributed by atoms with Crippen LogP contribution in [0.3, 0.4) is 0 Å². The van der Waals surface area contributed by atoms with Crippen LogP contribution in [0, 0.1) is 65.9 Å². The summed E-state index contributed by atoms with van der Waals surface area (Å²) in [4.78, 5) is 0. The Balaban J connectivity index is 0.000000196. The summed E-state index contributed by atoms with van der Waals surface area (Å²) >= 11 is 0. The molecule has 0 spiro atoms. The van der Waals surface area contributed by atoms with Crippen molar-refractivity contribution in [3.8, 4) is 89.5 Å². The molecule has 0 unspecified atom stereocenters. The molecule has 0 saturated carbocycles. The van der Waals surface area contributed by atoms with Gasteiger partial charge in [0.1, 0.15) is 28.2 Å². The molecule has 4 nitrogen and oxygen atoms in total. The van der Waals surface area contributed by atoms with Crippen molar-refractivity contribution >= 4 is 0 Å². The molecule has 4 heterocycles. The van der Waals surface area contributed by atoms with Crippen molar-refractivity contribution in [3.05, 3.63) is 308 Å². The van der Waals surface area contributed by atoms with E-state index in [1.54, 1.807) is 12.1 Å². The van der Waals surface area contributed by atoms with Gasteiger partial charge in [-0.05, 0) is 265 Å². The lowest BCUT2D eigenvalue weighted by molar-refractivity contribution is -0.661. The van der Waals surface area contributed by atoms with Gasteiger partial charge in [-0.2, -0.15) is 0 Å². The van der Waals surface area contributed by atoms with Crippen molar-refractivity contribution in [1.29, 1.82) is 0 Å². The molecule has 0 amide bonds. The molecule has 0 bridgehead atoms. The third-order valence-corrected chi connectivity index (χ3v) is 21.0. The van der Waals surface area contributed by atoms with E-state index in [1.807, 2.05) is 252 Å². The van der Waals surface area contributed by atoms with Crippen LogP contribution < -0.4 is 18.3 Å². The van der Waals surface area contributed by atoms with Gasteiger partial charge in [0.05, 0.1) is 0 Å². The van der Waals surface area contributed by atoms with Gasteiger partial charge in [-0.3, -0.25) is 0 Å². The largest absolute Gasteiger partial charge is 0.212 e. The number of aromatic nitrogens is 4. The highest BCUT2D eigenvalue weighted by Gasteiger charge is 2.29. The van der Waals surface area contributed by atoms with Crippen molar-refractivity contribution < 1.29 is 40.2 Å². The van der Waals surface area contributed by atoms with E-state index < -0.39 is 51.0 Å². The summed E-state index contributed by atoms with van der Waals surface area (Å²) in [7, 11) is 7.92. The number of pyridine rings is 4. The quantitative estimate of drug-likeness (QED) is 0.121. The van der Waals surface area contributed by atoms with Crippen LogP contribution in [0.25, 0.3) is 89.5 Å². The first-order valence-corrected chi connectivity index (χ1v) is 40.3. The van der Waals surface area contributed by atoms with Gasteiger partial charge in [0, 0.05) is 91.7 Å². The van der Waals surface area contributed by atoms with Crippen LogP contribution in [-0.4, -0.2) is 0 Å². The van der Waals surface area contributed by atoms with Crippen LogP contribution in [0.5, 0.6) is 0 Å². The van der Waals surface area contributed by atoms with Gasteiger partial charge in [-0.1, -0.05) is 267 Å². The minimum atomic E-state index is -2.27. The van der Waals surface area contributed by atoms with Gasteiger partial charge in [0.25, 0.3) is 0 Å². The van der Waals surface area contributed by atoms with Crippen molar-refractivity contribution in [2.24, 2.45) is 39.0 Å². The Bertz CT molecular complexity index is 6120. The number of aryl methyl sites for hydroxylation is 12. The zero-order valence-electron chi connectivity index (χ0n) is 90.2. The summed E-state index contributed by atoms with van der Waals surface area (Å²) in [6.07, 6.45) is 4.88. The maximum atomic E-state index is 8.77. The molecule has 0 aliphatic heterocycles. The number of hydrogen-bond donors (Lipinski definition) is 0. The van der Waals surface area contributed by atoms with E-state index in [0.29, 0.717) is 44.5 Å². The first-order valence-electron chi connectivity index (χ1n) is 48.3. The van der Waals surface area contributed by atoms with Gasteiger partial charge >= 0.3 is 0 Å². The summed E-state index contributed by atoms with van der Waals surface area (Å²) in [6, 6.07) is 65.6. The molecule has 0 atom stereocenters. The molecule has 0 aliphatic rings. The Morgan fingerprint density at radius 2 is 0.544 bits per heavy atom. The summed E-state index contributed by atoms with van der Waals surface area (Å²) < 4.78 is 142. The molecule has 0 fully saturated rings. The molecule has 4 heteroatoms. The lowest BCUT2D eigenvalue weighted by atomic mass is 9.80. The maximum Gasteiger partial charge on any atom is 0.212 e. The van der Waals surface area contributed by atoms with Gasteiger partial charge in [0.2, 0.25) is 22.8 Å². The minimum Gasteiger partial charge on any atom is -0.201 e. The Morgan fingerprint density at radius 1 is 0.246 bits per heavy atom. The summed E-state index contributed by atoms with van der Waals surface area (Å²) in [5.74, 6) is 0. The molecule has 12 aromatic rings. The fourth-order valence-electron chi connectivity index (χ4n) is 15.2. The van der Waals surface area contributed by atoms with Crippen LogP contribution in [0.1, 0.15) is 251 Å². The topological polar surface area (TPSA) is 15.5 Å². The lowest BCUT2D eigenvalue weighted by Gasteiger charge is -2.24.